The van der Waals surface area contributed by atoms with Crippen molar-refractivity contribution in [2.45, 2.75) is 38.8 Å². The molecule has 4 heteroatoms. The van der Waals surface area contributed by atoms with Gasteiger partial charge in [0.15, 0.2) is 0 Å². The predicted molar refractivity (Wildman–Crippen MR) is 79.2 cm³/mol. The van der Waals surface area contributed by atoms with Crippen LogP contribution in [-0.4, -0.2) is 30.1 Å². The summed E-state index contributed by atoms with van der Waals surface area (Å²) in [6, 6.07) is 5.67. The zero-order chi connectivity index (χ0) is 14.0. The van der Waals surface area contributed by atoms with Gasteiger partial charge >= 0.3 is 5.97 Å². The number of esters is 1. The number of hydrogen-bond donors (Lipinski definition) is 0. The van der Waals surface area contributed by atoms with Crippen LogP contribution in [-0.2, 0) is 11.3 Å². The normalized spacial score (nSPS) is 18.5. The highest BCUT2D eigenvalue weighted by atomic mass is 79.9. The number of carbonyl (C=O) groups excluding carboxylic acids is 1. The second-order valence-electron chi connectivity index (χ2n) is 5.64. The van der Waals surface area contributed by atoms with Crippen molar-refractivity contribution in [3.05, 3.63) is 33.8 Å². The lowest BCUT2D eigenvalue weighted by atomic mass is 10.0. The number of hydrogen-bond acceptors (Lipinski definition) is 3. The molecule has 3 nitrogen and oxygen atoms in total. The molecule has 1 fully saturated rings. The van der Waals surface area contributed by atoms with Gasteiger partial charge in [0.25, 0.3) is 0 Å². The van der Waals surface area contributed by atoms with E-state index in [9.17, 15) is 4.79 Å². The molecule has 1 saturated heterocycles. The number of carbonyl (C=O) groups is 1. The van der Waals surface area contributed by atoms with Crippen LogP contribution in [0.4, 0.5) is 0 Å². The molecule has 0 aliphatic carbocycles. The van der Waals surface area contributed by atoms with E-state index in [-0.39, 0.29) is 11.5 Å². The van der Waals surface area contributed by atoms with E-state index < -0.39 is 0 Å². The fourth-order valence-corrected chi connectivity index (χ4v) is 3.09. The molecule has 104 valence electrons. The number of methoxy groups -OCH3 is 1. The van der Waals surface area contributed by atoms with Crippen molar-refractivity contribution in [2.75, 3.05) is 13.7 Å². The van der Waals surface area contributed by atoms with Crippen molar-refractivity contribution in [3.8, 4) is 0 Å². The SMILES string of the molecule is COC(=O)c1ccc(CN2CCCC2(C)C)c(Br)c1. The number of likely N-dealkylation sites (tertiary alicyclic amines) is 1. The minimum Gasteiger partial charge on any atom is -0.465 e. The molecule has 0 amide bonds. The molecule has 1 aromatic rings. The predicted octanol–water partition coefficient (Wildman–Crippen LogP) is 3.61. The average molecular weight is 326 g/mol. The van der Waals surface area contributed by atoms with E-state index in [1.165, 1.54) is 25.5 Å². The van der Waals surface area contributed by atoms with E-state index in [0.717, 1.165) is 17.6 Å². The Bertz CT molecular complexity index is 485. The van der Waals surface area contributed by atoms with Gasteiger partial charge in [0.2, 0.25) is 0 Å². The van der Waals surface area contributed by atoms with Crippen molar-refractivity contribution in [1.29, 1.82) is 0 Å². The summed E-state index contributed by atoms with van der Waals surface area (Å²) in [7, 11) is 1.40. The van der Waals surface area contributed by atoms with Crippen molar-refractivity contribution >= 4 is 21.9 Å². The molecule has 0 radical (unpaired) electrons. The monoisotopic (exact) mass is 325 g/mol. The maximum atomic E-state index is 11.5. The lowest BCUT2D eigenvalue weighted by molar-refractivity contribution is 0.0600. The third kappa shape index (κ3) is 3.18. The molecular weight excluding hydrogens is 306 g/mol. The number of nitrogens with zero attached hydrogens (tertiary/aromatic N) is 1. The minimum absolute atomic E-state index is 0.264. The summed E-state index contributed by atoms with van der Waals surface area (Å²) < 4.78 is 5.70. The van der Waals surface area contributed by atoms with Crippen LogP contribution in [0.5, 0.6) is 0 Å². The Labute approximate surface area is 123 Å². The molecule has 1 aromatic carbocycles. The van der Waals surface area contributed by atoms with Crippen LogP contribution in [0.3, 0.4) is 0 Å². The summed E-state index contributed by atoms with van der Waals surface area (Å²) >= 11 is 3.56. The van der Waals surface area contributed by atoms with Gasteiger partial charge in [-0.3, -0.25) is 4.90 Å². The zero-order valence-corrected chi connectivity index (χ0v) is 13.3. The summed E-state index contributed by atoms with van der Waals surface area (Å²) in [6.45, 7) is 6.63. The van der Waals surface area contributed by atoms with Gasteiger partial charge in [0.1, 0.15) is 0 Å². The Hall–Kier alpha value is -0.870. The van der Waals surface area contributed by atoms with Crippen LogP contribution >= 0.6 is 15.9 Å². The molecule has 1 aliphatic heterocycles. The summed E-state index contributed by atoms with van der Waals surface area (Å²) in [5, 5.41) is 0. The molecule has 0 spiro atoms. The maximum absolute atomic E-state index is 11.5. The molecular formula is C15H20BrNO2. The number of ether oxygens (including phenoxy) is 1. The van der Waals surface area contributed by atoms with Crippen LogP contribution in [0.25, 0.3) is 0 Å². The third-order valence-electron chi connectivity index (χ3n) is 3.91. The van der Waals surface area contributed by atoms with Crippen LogP contribution < -0.4 is 0 Å². The quantitative estimate of drug-likeness (QED) is 0.795. The lowest BCUT2D eigenvalue weighted by Gasteiger charge is -2.31. The van der Waals surface area contributed by atoms with E-state index >= 15 is 0 Å². The molecule has 0 N–H and O–H groups in total. The molecule has 0 aromatic heterocycles. The standard InChI is InChI=1S/C15H20BrNO2/c1-15(2)7-4-8-17(15)10-12-6-5-11(9-13(12)16)14(18)19-3/h5-6,9H,4,7-8,10H2,1-3H3. The first-order valence-corrected chi connectivity index (χ1v) is 7.35. The molecule has 0 unspecified atom stereocenters. The van der Waals surface area contributed by atoms with Gasteiger partial charge < -0.3 is 4.74 Å². The Balaban J connectivity index is 2.16. The van der Waals surface area contributed by atoms with Crippen LogP contribution in [0.15, 0.2) is 22.7 Å². The Morgan fingerprint density at radius 2 is 2.21 bits per heavy atom. The number of benzene rings is 1. The van der Waals surface area contributed by atoms with Gasteiger partial charge in [-0.05, 0) is 50.9 Å². The molecule has 0 atom stereocenters. The first kappa shape index (κ1) is 14.5. The summed E-state index contributed by atoms with van der Waals surface area (Å²) in [4.78, 5) is 14.0. The molecule has 2 rings (SSSR count). The highest BCUT2D eigenvalue weighted by Crippen LogP contribution is 2.31. The highest BCUT2D eigenvalue weighted by Gasteiger charge is 2.31. The summed E-state index contributed by atoms with van der Waals surface area (Å²) in [6.07, 6.45) is 2.50. The second-order valence-corrected chi connectivity index (χ2v) is 6.49. The highest BCUT2D eigenvalue weighted by molar-refractivity contribution is 9.10. The smallest absolute Gasteiger partial charge is 0.337 e. The second kappa shape index (κ2) is 5.63. The third-order valence-corrected chi connectivity index (χ3v) is 4.65. The van der Waals surface area contributed by atoms with E-state index in [4.69, 9.17) is 4.74 Å². The average Bonchev–Trinajstić information content (AvgIpc) is 2.70. The molecule has 0 saturated carbocycles. The van der Waals surface area contributed by atoms with Crippen molar-refractivity contribution in [3.63, 3.8) is 0 Å². The first-order valence-electron chi connectivity index (χ1n) is 6.56. The van der Waals surface area contributed by atoms with Crippen molar-refractivity contribution in [2.24, 2.45) is 0 Å². The minimum atomic E-state index is -0.297. The first-order chi connectivity index (χ1) is 8.94. The van der Waals surface area contributed by atoms with Crippen molar-refractivity contribution < 1.29 is 9.53 Å². The maximum Gasteiger partial charge on any atom is 0.337 e. The van der Waals surface area contributed by atoms with Crippen LogP contribution in [0.1, 0.15) is 42.6 Å². The number of halogens is 1. The van der Waals surface area contributed by atoms with Gasteiger partial charge in [0, 0.05) is 16.6 Å². The Morgan fingerprint density at radius 3 is 2.74 bits per heavy atom. The van der Waals surface area contributed by atoms with Gasteiger partial charge in [-0.1, -0.05) is 22.0 Å². The fraction of sp³-hybridized carbons (Fsp3) is 0.533. The summed E-state index contributed by atoms with van der Waals surface area (Å²) in [5.41, 5.74) is 2.06. The van der Waals surface area contributed by atoms with E-state index in [0.29, 0.717) is 5.56 Å². The van der Waals surface area contributed by atoms with Crippen LogP contribution in [0, 0.1) is 0 Å². The Kier molecular flexibility index (Phi) is 4.31. The van der Waals surface area contributed by atoms with Crippen LogP contribution in [0.2, 0.25) is 0 Å². The van der Waals surface area contributed by atoms with E-state index in [1.807, 2.05) is 18.2 Å². The van der Waals surface area contributed by atoms with Crippen molar-refractivity contribution in [1.82, 2.24) is 4.90 Å². The zero-order valence-electron chi connectivity index (χ0n) is 11.7. The Morgan fingerprint density at radius 1 is 1.47 bits per heavy atom. The van der Waals surface area contributed by atoms with E-state index in [1.54, 1.807) is 0 Å². The van der Waals surface area contributed by atoms with Gasteiger partial charge in [-0.15, -0.1) is 0 Å². The lowest BCUT2D eigenvalue weighted by Crippen LogP contribution is -2.37. The van der Waals surface area contributed by atoms with E-state index in [2.05, 4.69) is 34.7 Å². The fourth-order valence-electron chi connectivity index (χ4n) is 2.58. The summed E-state index contributed by atoms with van der Waals surface area (Å²) in [5.74, 6) is -0.297. The molecule has 0 bridgehead atoms. The molecule has 1 heterocycles. The van der Waals surface area contributed by atoms with Gasteiger partial charge in [-0.25, -0.2) is 4.79 Å². The van der Waals surface area contributed by atoms with Gasteiger partial charge in [0.05, 0.1) is 12.7 Å². The molecule has 1 aliphatic rings. The number of rotatable bonds is 3. The van der Waals surface area contributed by atoms with Gasteiger partial charge in [-0.2, -0.15) is 0 Å². The molecule has 19 heavy (non-hydrogen) atoms. The topological polar surface area (TPSA) is 29.5 Å². The largest absolute Gasteiger partial charge is 0.465 e.